The second kappa shape index (κ2) is 15.5. The van der Waals surface area contributed by atoms with Crippen molar-refractivity contribution in [2.45, 2.75) is 103 Å². The summed E-state index contributed by atoms with van der Waals surface area (Å²) in [7, 11) is 1.64. The molecule has 1 aromatic carbocycles. The van der Waals surface area contributed by atoms with Crippen LogP contribution in [0.25, 0.3) is 0 Å². The minimum absolute atomic E-state index is 0.261. The molecule has 0 spiro atoms. The molecule has 6 heteroatoms. The van der Waals surface area contributed by atoms with Gasteiger partial charge in [0.05, 0.1) is 0 Å². The van der Waals surface area contributed by atoms with Gasteiger partial charge in [-0.2, -0.15) is 0 Å². The minimum atomic E-state index is -2.81. The van der Waals surface area contributed by atoms with Crippen molar-refractivity contribution in [3.05, 3.63) is 60.7 Å². The molecule has 2 aromatic rings. The van der Waals surface area contributed by atoms with Crippen LogP contribution >= 0.6 is 0 Å². The SMILES string of the molecule is CCC[CH2][Sn]([CH2]CCC)([CH2]CCC)[C@@H](/C=C\N(C(=O)OC(C)(C)C)c1ccc(OC)cc1)c1ccco1. The fourth-order valence-electron chi connectivity index (χ4n) is 4.98. The number of hydrogen-bond donors (Lipinski definition) is 0. The summed E-state index contributed by atoms with van der Waals surface area (Å²) in [6.45, 7) is 12.6. The number of unbranched alkanes of at least 4 members (excludes halogenated alkanes) is 3. The van der Waals surface area contributed by atoms with Gasteiger partial charge in [-0.05, 0) is 0 Å². The fourth-order valence-corrected chi connectivity index (χ4v) is 22.4. The van der Waals surface area contributed by atoms with E-state index in [0.29, 0.717) is 0 Å². The normalized spacial score (nSPS) is 13.1. The van der Waals surface area contributed by atoms with Gasteiger partial charge in [-0.15, -0.1) is 0 Å². The summed E-state index contributed by atoms with van der Waals surface area (Å²) < 4.78 is 21.5. The van der Waals surface area contributed by atoms with Crippen molar-refractivity contribution in [1.82, 2.24) is 0 Å². The number of nitrogens with zero attached hydrogens (tertiary/aromatic N) is 1. The summed E-state index contributed by atoms with van der Waals surface area (Å²) in [5.41, 5.74) is 0.156. The van der Waals surface area contributed by atoms with Gasteiger partial charge in [0, 0.05) is 0 Å². The molecule has 1 aromatic heterocycles. The Balaban J connectivity index is 2.58. The van der Waals surface area contributed by atoms with E-state index in [4.69, 9.17) is 13.9 Å². The van der Waals surface area contributed by atoms with Crippen molar-refractivity contribution in [2.24, 2.45) is 0 Å². The first kappa shape index (κ1) is 31.3. The van der Waals surface area contributed by atoms with Crippen LogP contribution in [-0.4, -0.2) is 37.2 Å². The summed E-state index contributed by atoms with van der Waals surface area (Å²) in [4.78, 5) is 15.0. The third-order valence-electron chi connectivity index (χ3n) is 6.96. The number of allylic oxidation sites excluding steroid dienone is 1. The molecule has 1 amide bonds. The van der Waals surface area contributed by atoms with E-state index in [1.54, 1.807) is 18.3 Å². The van der Waals surface area contributed by atoms with E-state index in [-0.39, 0.29) is 10.0 Å². The van der Waals surface area contributed by atoms with E-state index >= 15 is 0 Å². The second-order valence-electron chi connectivity index (χ2n) is 11.1. The van der Waals surface area contributed by atoms with Gasteiger partial charge in [0.15, 0.2) is 0 Å². The third-order valence-corrected chi connectivity index (χ3v) is 23.6. The van der Waals surface area contributed by atoms with Crippen LogP contribution < -0.4 is 9.64 Å². The predicted octanol–water partition coefficient (Wildman–Crippen LogP) is 9.72. The number of rotatable bonds is 15. The molecule has 0 aliphatic carbocycles. The second-order valence-corrected chi connectivity index (χ2v) is 24.9. The van der Waals surface area contributed by atoms with Gasteiger partial charge < -0.3 is 0 Å². The predicted molar refractivity (Wildman–Crippen MR) is 157 cm³/mol. The molecule has 2 rings (SSSR count). The Morgan fingerprint density at radius 1 is 0.973 bits per heavy atom. The molecule has 5 nitrogen and oxygen atoms in total. The molecule has 0 fully saturated rings. The summed E-state index contributed by atoms with van der Waals surface area (Å²) in [5.74, 6) is 1.80. The van der Waals surface area contributed by atoms with Gasteiger partial charge in [0.1, 0.15) is 0 Å². The van der Waals surface area contributed by atoms with Crippen LogP contribution in [0.5, 0.6) is 5.75 Å². The molecular formula is C31H49NO4Sn. The number of benzene rings is 1. The van der Waals surface area contributed by atoms with E-state index < -0.39 is 24.0 Å². The molecule has 0 bridgehead atoms. The number of amides is 1. The van der Waals surface area contributed by atoms with Gasteiger partial charge in [-0.1, -0.05) is 0 Å². The van der Waals surface area contributed by atoms with Crippen molar-refractivity contribution in [2.75, 3.05) is 12.0 Å². The van der Waals surface area contributed by atoms with Gasteiger partial charge in [0.25, 0.3) is 0 Å². The Labute approximate surface area is 229 Å². The Hall–Kier alpha value is -1.89. The van der Waals surface area contributed by atoms with Crippen LogP contribution in [0.1, 0.15) is 89.8 Å². The number of carbonyl (C=O) groups is 1. The van der Waals surface area contributed by atoms with Crippen LogP contribution in [0.15, 0.2) is 59.4 Å². The summed E-state index contributed by atoms with van der Waals surface area (Å²) >= 11 is -2.81. The van der Waals surface area contributed by atoms with E-state index in [9.17, 15) is 4.79 Å². The molecule has 1 heterocycles. The molecule has 206 valence electrons. The van der Waals surface area contributed by atoms with Crippen LogP contribution in [0.4, 0.5) is 10.5 Å². The van der Waals surface area contributed by atoms with Gasteiger partial charge in [-0.25, -0.2) is 0 Å². The standard InChI is InChI=1S/C19H22NO4.3C4H9.Sn/c1-19(2,3)24-18(21)20(13-5-7-17-8-6-14-23-17)15-9-11-16(22-4)12-10-15;3*1-3-4-2;/h5-14H,1-4H3;3*1,3-4H2,2H3;/b13-5-;;;;. The van der Waals surface area contributed by atoms with Crippen LogP contribution in [0, 0.1) is 0 Å². The Morgan fingerprint density at radius 3 is 1.97 bits per heavy atom. The number of anilines is 1. The van der Waals surface area contributed by atoms with Crippen LogP contribution in [0.3, 0.4) is 0 Å². The summed E-state index contributed by atoms with van der Waals surface area (Å²) in [6, 6.07) is 11.7. The average molecular weight is 618 g/mol. The van der Waals surface area contributed by atoms with E-state index in [0.717, 1.165) is 17.2 Å². The topological polar surface area (TPSA) is 51.9 Å². The van der Waals surface area contributed by atoms with Crippen molar-refractivity contribution in [3.8, 4) is 5.75 Å². The zero-order chi connectivity index (χ0) is 27.3. The van der Waals surface area contributed by atoms with Crippen molar-refractivity contribution >= 4 is 30.2 Å². The van der Waals surface area contributed by atoms with Crippen molar-refractivity contribution < 1.29 is 18.7 Å². The Kier molecular flexibility index (Phi) is 13.1. The van der Waals surface area contributed by atoms with Gasteiger partial charge in [-0.3, -0.25) is 0 Å². The fraction of sp³-hybridized carbons (Fsp3) is 0.581. The molecule has 0 saturated carbocycles. The number of ether oxygens (including phenoxy) is 2. The molecule has 1 atom stereocenters. The molecule has 0 unspecified atom stereocenters. The third kappa shape index (κ3) is 9.73. The molecular weight excluding hydrogens is 569 g/mol. The summed E-state index contributed by atoms with van der Waals surface area (Å²) in [6.07, 6.45) is 13.0. The van der Waals surface area contributed by atoms with Gasteiger partial charge >= 0.3 is 230 Å². The van der Waals surface area contributed by atoms with Crippen molar-refractivity contribution in [3.63, 3.8) is 0 Å². The van der Waals surface area contributed by atoms with Gasteiger partial charge in [0.2, 0.25) is 0 Å². The van der Waals surface area contributed by atoms with E-state index in [1.165, 1.54) is 51.8 Å². The number of methoxy groups -OCH3 is 1. The zero-order valence-corrected chi connectivity index (χ0v) is 27.1. The Morgan fingerprint density at radius 2 is 1.54 bits per heavy atom. The molecule has 37 heavy (non-hydrogen) atoms. The maximum absolute atomic E-state index is 13.4. The molecule has 0 aliphatic heterocycles. The van der Waals surface area contributed by atoms with Crippen LogP contribution in [-0.2, 0) is 4.74 Å². The average Bonchev–Trinajstić information content (AvgIpc) is 3.40. The van der Waals surface area contributed by atoms with E-state index in [1.807, 2.05) is 57.3 Å². The maximum atomic E-state index is 13.4. The first-order valence-electron chi connectivity index (χ1n) is 14.1. The molecule has 0 radical (unpaired) electrons. The molecule has 0 N–H and O–H groups in total. The molecule has 0 saturated heterocycles. The monoisotopic (exact) mass is 619 g/mol. The quantitative estimate of drug-likeness (QED) is 0.187. The van der Waals surface area contributed by atoms with Crippen LogP contribution in [0.2, 0.25) is 13.3 Å². The first-order chi connectivity index (χ1) is 17.7. The molecule has 0 aliphatic rings. The number of carbonyl (C=O) groups excluding carboxylic acids is 1. The van der Waals surface area contributed by atoms with Crippen molar-refractivity contribution in [1.29, 1.82) is 0 Å². The number of hydrogen-bond acceptors (Lipinski definition) is 4. The van der Waals surface area contributed by atoms with E-state index in [2.05, 4.69) is 32.9 Å². The zero-order valence-electron chi connectivity index (χ0n) is 24.2. The number of furan rings is 1. The summed E-state index contributed by atoms with van der Waals surface area (Å²) in [5, 5.41) is 0. The Bertz CT molecular complexity index is 909. The first-order valence-corrected chi connectivity index (χ1v) is 21.8.